The van der Waals surface area contributed by atoms with E-state index >= 15 is 0 Å². The number of aromatic nitrogens is 1. The van der Waals surface area contributed by atoms with Crippen molar-refractivity contribution < 1.29 is 0 Å². The molecule has 0 radical (unpaired) electrons. The van der Waals surface area contributed by atoms with Crippen LogP contribution in [0.25, 0.3) is 12.2 Å². The van der Waals surface area contributed by atoms with Crippen molar-refractivity contribution in [3.63, 3.8) is 0 Å². The van der Waals surface area contributed by atoms with Gasteiger partial charge < -0.3 is 5.73 Å². The summed E-state index contributed by atoms with van der Waals surface area (Å²) in [7, 11) is 0. The minimum absolute atomic E-state index is 0.856. The van der Waals surface area contributed by atoms with Crippen LogP contribution in [0.5, 0.6) is 0 Å². The highest BCUT2D eigenvalue weighted by atomic mass is 14.7. The summed E-state index contributed by atoms with van der Waals surface area (Å²) < 4.78 is 0. The fraction of sp³-hybridized carbons (Fsp3) is 0. The predicted octanol–water partition coefficient (Wildman–Crippen LogP) is 1.65. The fourth-order valence-corrected chi connectivity index (χ4v) is 0.845. The summed E-state index contributed by atoms with van der Waals surface area (Å²) in [6, 6.07) is 3.80. The lowest BCUT2D eigenvalue weighted by atomic mass is 10.2. The SMILES string of the molecule is C=Cc1ncccc1/C=C\N. The molecule has 0 aliphatic carbocycles. The van der Waals surface area contributed by atoms with E-state index < -0.39 is 0 Å². The number of rotatable bonds is 2. The van der Waals surface area contributed by atoms with Crippen LogP contribution in [0.1, 0.15) is 11.3 Å². The summed E-state index contributed by atoms with van der Waals surface area (Å²) >= 11 is 0. The van der Waals surface area contributed by atoms with Crippen LogP contribution in [-0.4, -0.2) is 4.98 Å². The normalized spacial score (nSPS) is 10.2. The second-order valence-electron chi connectivity index (χ2n) is 2.04. The molecule has 0 saturated heterocycles. The molecule has 0 spiro atoms. The average Bonchev–Trinajstić information content (AvgIpc) is 2.06. The van der Waals surface area contributed by atoms with E-state index in [0.717, 1.165) is 11.3 Å². The molecule has 0 unspecified atom stereocenters. The Morgan fingerprint density at radius 3 is 3.00 bits per heavy atom. The van der Waals surface area contributed by atoms with Gasteiger partial charge in [0.25, 0.3) is 0 Å². The highest BCUT2D eigenvalue weighted by Gasteiger charge is 1.92. The summed E-state index contributed by atoms with van der Waals surface area (Å²) in [5.74, 6) is 0. The lowest BCUT2D eigenvalue weighted by molar-refractivity contribution is 1.28. The molecule has 0 aliphatic heterocycles. The van der Waals surface area contributed by atoms with Crippen molar-refractivity contribution in [3.05, 3.63) is 42.4 Å². The molecule has 56 valence electrons. The van der Waals surface area contributed by atoms with Crippen molar-refractivity contribution in [2.24, 2.45) is 5.73 Å². The van der Waals surface area contributed by atoms with Gasteiger partial charge in [0, 0.05) is 11.8 Å². The molecule has 0 bridgehead atoms. The van der Waals surface area contributed by atoms with Gasteiger partial charge in [0.15, 0.2) is 0 Å². The van der Waals surface area contributed by atoms with Gasteiger partial charge in [-0.15, -0.1) is 0 Å². The molecule has 2 heteroatoms. The Morgan fingerprint density at radius 1 is 1.55 bits per heavy atom. The largest absolute Gasteiger partial charge is 0.405 e. The van der Waals surface area contributed by atoms with E-state index in [1.54, 1.807) is 18.3 Å². The highest BCUT2D eigenvalue weighted by molar-refractivity contribution is 5.60. The number of hydrogen-bond donors (Lipinski definition) is 1. The molecule has 11 heavy (non-hydrogen) atoms. The standard InChI is InChI=1S/C9H10N2/c1-2-9-8(5-6-10)4-3-7-11-9/h2-7H,1,10H2/b6-5-. The van der Waals surface area contributed by atoms with Crippen LogP contribution < -0.4 is 5.73 Å². The van der Waals surface area contributed by atoms with Gasteiger partial charge in [-0.3, -0.25) is 4.98 Å². The maximum Gasteiger partial charge on any atom is 0.0696 e. The van der Waals surface area contributed by atoms with Crippen LogP contribution in [-0.2, 0) is 0 Å². The van der Waals surface area contributed by atoms with Gasteiger partial charge in [0.1, 0.15) is 0 Å². The lowest BCUT2D eigenvalue weighted by Crippen LogP contribution is -1.85. The van der Waals surface area contributed by atoms with Crippen molar-refractivity contribution >= 4 is 12.2 Å². The molecule has 1 heterocycles. The molecule has 1 aromatic rings. The van der Waals surface area contributed by atoms with E-state index in [0.29, 0.717) is 0 Å². The van der Waals surface area contributed by atoms with E-state index in [1.807, 2.05) is 12.1 Å². The van der Waals surface area contributed by atoms with Crippen LogP contribution in [0, 0.1) is 0 Å². The minimum Gasteiger partial charge on any atom is -0.405 e. The first-order chi connectivity index (χ1) is 5.38. The first-order valence-corrected chi connectivity index (χ1v) is 3.34. The average molecular weight is 146 g/mol. The summed E-state index contributed by atoms with van der Waals surface area (Å²) in [5, 5.41) is 0. The minimum atomic E-state index is 0.856. The van der Waals surface area contributed by atoms with E-state index in [9.17, 15) is 0 Å². The summed E-state index contributed by atoms with van der Waals surface area (Å²) in [6.45, 7) is 3.64. The molecule has 1 rings (SSSR count). The zero-order valence-corrected chi connectivity index (χ0v) is 6.20. The zero-order chi connectivity index (χ0) is 8.10. The Balaban J connectivity index is 3.11. The van der Waals surface area contributed by atoms with Crippen molar-refractivity contribution in [2.45, 2.75) is 0 Å². The Labute approximate surface area is 66.1 Å². The Kier molecular flexibility index (Phi) is 2.44. The second kappa shape index (κ2) is 3.56. The summed E-state index contributed by atoms with van der Waals surface area (Å²) in [4.78, 5) is 4.09. The third-order valence-electron chi connectivity index (χ3n) is 1.34. The molecule has 0 atom stereocenters. The van der Waals surface area contributed by atoms with Gasteiger partial charge >= 0.3 is 0 Å². The lowest BCUT2D eigenvalue weighted by Gasteiger charge is -1.96. The van der Waals surface area contributed by atoms with Crippen LogP contribution in [0.2, 0.25) is 0 Å². The van der Waals surface area contributed by atoms with Crippen molar-refractivity contribution in [1.82, 2.24) is 4.98 Å². The molecule has 2 nitrogen and oxygen atoms in total. The quantitative estimate of drug-likeness (QED) is 0.689. The topological polar surface area (TPSA) is 38.9 Å². The van der Waals surface area contributed by atoms with Gasteiger partial charge in [0.05, 0.1) is 5.69 Å². The van der Waals surface area contributed by atoms with Crippen molar-refractivity contribution in [3.8, 4) is 0 Å². The zero-order valence-electron chi connectivity index (χ0n) is 6.20. The maximum atomic E-state index is 5.24. The molecule has 0 fully saturated rings. The second-order valence-corrected chi connectivity index (χ2v) is 2.04. The van der Waals surface area contributed by atoms with Crippen LogP contribution in [0.3, 0.4) is 0 Å². The molecular weight excluding hydrogens is 136 g/mol. The van der Waals surface area contributed by atoms with E-state index in [4.69, 9.17) is 5.73 Å². The number of nitrogens with zero attached hydrogens (tertiary/aromatic N) is 1. The van der Waals surface area contributed by atoms with Gasteiger partial charge in [-0.25, -0.2) is 0 Å². The Bertz CT molecular complexity index is 277. The highest BCUT2D eigenvalue weighted by Crippen LogP contribution is 2.07. The van der Waals surface area contributed by atoms with Crippen molar-refractivity contribution in [2.75, 3.05) is 0 Å². The number of nitrogens with two attached hydrogens (primary N) is 1. The first-order valence-electron chi connectivity index (χ1n) is 3.34. The maximum absolute atomic E-state index is 5.24. The van der Waals surface area contributed by atoms with Gasteiger partial charge in [0.2, 0.25) is 0 Å². The first kappa shape index (κ1) is 7.54. The van der Waals surface area contributed by atoms with Gasteiger partial charge in [-0.1, -0.05) is 12.6 Å². The molecule has 2 N–H and O–H groups in total. The smallest absolute Gasteiger partial charge is 0.0696 e. The molecular formula is C9H10N2. The molecule has 0 aliphatic rings. The Morgan fingerprint density at radius 2 is 2.36 bits per heavy atom. The van der Waals surface area contributed by atoms with Crippen LogP contribution in [0.15, 0.2) is 31.1 Å². The molecule has 1 aromatic heterocycles. The third-order valence-corrected chi connectivity index (χ3v) is 1.34. The molecule has 0 amide bonds. The van der Waals surface area contributed by atoms with Crippen LogP contribution >= 0.6 is 0 Å². The fourth-order valence-electron chi connectivity index (χ4n) is 0.845. The molecule has 0 saturated carbocycles. The molecule has 0 aromatic carbocycles. The van der Waals surface area contributed by atoms with E-state index in [1.165, 1.54) is 6.20 Å². The summed E-state index contributed by atoms with van der Waals surface area (Å²) in [5.41, 5.74) is 7.09. The van der Waals surface area contributed by atoms with E-state index in [2.05, 4.69) is 11.6 Å². The van der Waals surface area contributed by atoms with Gasteiger partial charge in [-0.05, 0) is 24.4 Å². The van der Waals surface area contributed by atoms with Crippen molar-refractivity contribution in [1.29, 1.82) is 0 Å². The van der Waals surface area contributed by atoms with Crippen LogP contribution in [0.4, 0.5) is 0 Å². The van der Waals surface area contributed by atoms with E-state index in [-0.39, 0.29) is 0 Å². The predicted molar refractivity (Wildman–Crippen MR) is 47.5 cm³/mol. The Hall–Kier alpha value is -1.57. The number of hydrogen-bond acceptors (Lipinski definition) is 2. The summed E-state index contributed by atoms with van der Waals surface area (Å²) in [6.07, 6.45) is 6.72. The third kappa shape index (κ3) is 1.67. The van der Waals surface area contributed by atoms with Gasteiger partial charge in [-0.2, -0.15) is 0 Å². The monoisotopic (exact) mass is 146 g/mol. The number of pyridine rings is 1.